The fourth-order valence-electron chi connectivity index (χ4n) is 3.10. The van der Waals surface area contributed by atoms with Crippen molar-refractivity contribution in [3.63, 3.8) is 0 Å². The molecule has 0 saturated carbocycles. The van der Waals surface area contributed by atoms with Crippen LogP contribution in [0.3, 0.4) is 0 Å². The van der Waals surface area contributed by atoms with Crippen molar-refractivity contribution in [1.29, 1.82) is 0 Å². The SMILES string of the molecule is C[C@H]1OCC[C@@H]1NC[C@H]1CCO[C@@H]1C(C)(C)C. The monoisotopic (exact) mass is 241 g/mol. The topological polar surface area (TPSA) is 30.5 Å². The average molecular weight is 241 g/mol. The molecule has 17 heavy (non-hydrogen) atoms. The van der Waals surface area contributed by atoms with Crippen LogP contribution in [0.25, 0.3) is 0 Å². The van der Waals surface area contributed by atoms with Gasteiger partial charge in [0.1, 0.15) is 0 Å². The quantitative estimate of drug-likeness (QED) is 0.821. The molecule has 0 unspecified atom stereocenters. The van der Waals surface area contributed by atoms with Gasteiger partial charge in [-0.2, -0.15) is 0 Å². The fraction of sp³-hybridized carbons (Fsp3) is 1.00. The molecule has 2 fully saturated rings. The van der Waals surface area contributed by atoms with Gasteiger partial charge in [0.15, 0.2) is 0 Å². The lowest BCUT2D eigenvalue weighted by atomic mass is 9.81. The van der Waals surface area contributed by atoms with Crippen molar-refractivity contribution in [3.8, 4) is 0 Å². The first-order valence-electron chi connectivity index (χ1n) is 6.95. The molecule has 2 aliphatic rings. The lowest BCUT2D eigenvalue weighted by Crippen LogP contribution is -2.42. The van der Waals surface area contributed by atoms with Crippen LogP contribution in [0.5, 0.6) is 0 Å². The van der Waals surface area contributed by atoms with E-state index in [-0.39, 0.29) is 5.41 Å². The maximum Gasteiger partial charge on any atom is 0.0700 e. The first-order valence-corrected chi connectivity index (χ1v) is 6.95. The third-order valence-electron chi connectivity index (χ3n) is 4.09. The molecule has 1 N–H and O–H groups in total. The Hall–Kier alpha value is -0.120. The smallest absolute Gasteiger partial charge is 0.0700 e. The Kier molecular flexibility index (Phi) is 4.11. The van der Waals surface area contributed by atoms with E-state index in [1.807, 2.05) is 0 Å². The lowest BCUT2D eigenvalue weighted by molar-refractivity contribution is 0.00626. The standard InChI is InChI=1S/C14H27NO2/c1-10-12(6-8-16-10)15-9-11-5-7-17-13(11)14(2,3)4/h10-13,15H,5-9H2,1-4H3/t10-,11-,12+,13+/m1/s1. The summed E-state index contributed by atoms with van der Waals surface area (Å²) in [7, 11) is 0. The largest absolute Gasteiger partial charge is 0.377 e. The highest BCUT2D eigenvalue weighted by Crippen LogP contribution is 2.34. The Morgan fingerprint density at radius 2 is 1.82 bits per heavy atom. The first-order chi connectivity index (χ1) is 7.98. The third-order valence-corrected chi connectivity index (χ3v) is 4.09. The minimum atomic E-state index is 0.251. The second-order valence-corrected chi connectivity index (χ2v) is 6.59. The van der Waals surface area contributed by atoms with Crippen molar-refractivity contribution in [2.75, 3.05) is 19.8 Å². The van der Waals surface area contributed by atoms with Crippen LogP contribution in [0.4, 0.5) is 0 Å². The van der Waals surface area contributed by atoms with Gasteiger partial charge in [0.25, 0.3) is 0 Å². The van der Waals surface area contributed by atoms with Gasteiger partial charge < -0.3 is 14.8 Å². The molecule has 4 atom stereocenters. The number of rotatable bonds is 3. The summed E-state index contributed by atoms with van der Waals surface area (Å²) >= 11 is 0. The Labute approximate surface area is 105 Å². The van der Waals surface area contributed by atoms with Crippen molar-refractivity contribution >= 4 is 0 Å². The molecule has 2 rings (SSSR count). The van der Waals surface area contributed by atoms with Gasteiger partial charge in [-0.3, -0.25) is 0 Å². The highest BCUT2D eigenvalue weighted by atomic mass is 16.5. The summed E-state index contributed by atoms with van der Waals surface area (Å²) in [4.78, 5) is 0. The van der Waals surface area contributed by atoms with Gasteiger partial charge in [0.05, 0.1) is 12.2 Å². The zero-order valence-corrected chi connectivity index (χ0v) is 11.7. The maximum absolute atomic E-state index is 5.90. The summed E-state index contributed by atoms with van der Waals surface area (Å²) < 4.78 is 11.5. The van der Waals surface area contributed by atoms with E-state index in [0.717, 1.165) is 26.2 Å². The molecule has 3 heteroatoms. The number of hydrogen-bond donors (Lipinski definition) is 1. The fourth-order valence-corrected chi connectivity index (χ4v) is 3.10. The minimum absolute atomic E-state index is 0.251. The lowest BCUT2D eigenvalue weighted by Gasteiger charge is -2.32. The van der Waals surface area contributed by atoms with Crippen molar-refractivity contribution in [1.82, 2.24) is 5.32 Å². The van der Waals surface area contributed by atoms with E-state index >= 15 is 0 Å². The van der Waals surface area contributed by atoms with Crippen LogP contribution in [-0.4, -0.2) is 38.0 Å². The molecule has 0 aromatic carbocycles. The van der Waals surface area contributed by atoms with Crippen LogP contribution in [0.2, 0.25) is 0 Å². The molecule has 0 aromatic rings. The van der Waals surface area contributed by atoms with Crippen molar-refractivity contribution in [2.24, 2.45) is 11.3 Å². The highest BCUT2D eigenvalue weighted by Gasteiger charge is 2.37. The van der Waals surface area contributed by atoms with Crippen molar-refractivity contribution < 1.29 is 9.47 Å². The Balaban J connectivity index is 1.82. The van der Waals surface area contributed by atoms with Crippen LogP contribution in [0.15, 0.2) is 0 Å². The molecule has 0 spiro atoms. The summed E-state index contributed by atoms with van der Waals surface area (Å²) in [6.07, 6.45) is 3.10. The summed E-state index contributed by atoms with van der Waals surface area (Å²) in [5, 5.41) is 3.67. The molecule has 0 bridgehead atoms. The zero-order valence-electron chi connectivity index (χ0n) is 11.7. The van der Waals surface area contributed by atoms with Gasteiger partial charge >= 0.3 is 0 Å². The highest BCUT2D eigenvalue weighted by molar-refractivity contribution is 4.88. The summed E-state index contributed by atoms with van der Waals surface area (Å²) in [5.41, 5.74) is 0.251. The van der Waals surface area contributed by atoms with Crippen molar-refractivity contribution in [3.05, 3.63) is 0 Å². The Bertz CT molecular complexity index is 249. The molecule has 3 nitrogen and oxygen atoms in total. The number of nitrogens with one attached hydrogen (secondary N) is 1. The third kappa shape index (κ3) is 3.21. The van der Waals surface area contributed by atoms with Crippen LogP contribution >= 0.6 is 0 Å². The van der Waals surface area contributed by atoms with Gasteiger partial charge in [-0.1, -0.05) is 20.8 Å². The Morgan fingerprint density at radius 1 is 1.12 bits per heavy atom. The van der Waals surface area contributed by atoms with Gasteiger partial charge in [-0.05, 0) is 25.2 Å². The second kappa shape index (κ2) is 5.25. The Morgan fingerprint density at radius 3 is 2.41 bits per heavy atom. The first kappa shape index (κ1) is 13.3. The average Bonchev–Trinajstić information content (AvgIpc) is 2.82. The van der Waals surface area contributed by atoms with E-state index in [9.17, 15) is 0 Å². The van der Waals surface area contributed by atoms with Crippen LogP contribution in [0.1, 0.15) is 40.5 Å². The van der Waals surface area contributed by atoms with Crippen LogP contribution in [0, 0.1) is 11.3 Å². The predicted molar refractivity (Wildman–Crippen MR) is 69.1 cm³/mol. The molecule has 100 valence electrons. The molecule has 0 aromatic heterocycles. The van der Waals surface area contributed by atoms with E-state index in [4.69, 9.17) is 9.47 Å². The van der Waals surface area contributed by atoms with Gasteiger partial charge in [0.2, 0.25) is 0 Å². The van der Waals surface area contributed by atoms with E-state index in [1.54, 1.807) is 0 Å². The van der Waals surface area contributed by atoms with E-state index in [1.165, 1.54) is 6.42 Å². The second-order valence-electron chi connectivity index (χ2n) is 6.59. The van der Waals surface area contributed by atoms with E-state index < -0.39 is 0 Å². The van der Waals surface area contributed by atoms with Gasteiger partial charge in [-0.15, -0.1) is 0 Å². The number of ether oxygens (including phenoxy) is 2. The molecule has 2 aliphatic heterocycles. The van der Waals surface area contributed by atoms with Crippen molar-refractivity contribution in [2.45, 2.75) is 58.8 Å². The minimum Gasteiger partial charge on any atom is -0.377 e. The number of hydrogen-bond acceptors (Lipinski definition) is 3. The van der Waals surface area contributed by atoms with Crippen LogP contribution in [-0.2, 0) is 9.47 Å². The summed E-state index contributed by atoms with van der Waals surface area (Å²) in [5.74, 6) is 0.655. The van der Waals surface area contributed by atoms with Gasteiger partial charge in [0, 0.05) is 31.7 Å². The molecule has 0 radical (unpaired) electrons. The predicted octanol–water partition coefficient (Wildman–Crippen LogP) is 2.20. The molecular formula is C14H27NO2. The molecule has 2 heterocycles. The molecule has 0 aliphatic carbocycles. The molecular weight excluding hydrogens is 214 g/mol. The summed E-state index contributed by atoms with van der Waals surface area (Å²) in [6.45, 7) is 11.9. The summed E-state index contributed by atoms with van der Waals surface area (Å²) in [6, 6.07) is 0.538. The van der Waals surface area contributed by atoms with E-state index in [0.29, 0.717) is 24.2 Å². The normalized spacial score (nSPS) is 38.8. The molecule has 2 saturated heterocycles. The molecule has 0 amide bonds. The van der Waals surface area contributed by atoms with Gasteiger partial charge in [-0.25, -0.2) is 0 Å². The van der Waals surface area contributed by atoms with E-state index in [2.05, 4.69) is 33.0 Å². The maximum atomic E-state index is 5.90. The zero-order chi connectivity index (χ0) is 12.5. The van der Waals surface area contributed by atoms with Crippen LogP contribution < -0.4 is 5.32 Å².